The Morgan fingerprint density at radius 1 is 0.963 bits per heavy atom. The van der Waals surface area contributed by atoms with Gasteiger partial charge in [0.15, 0.2) is 0 Å². The van der Waals surface area contributed by atoms with Crippen molar-refractivity contribution in [3.63, 3.8) is 0 Å². The van der Waals surface area contributed by atoms with Gasteiger partial charge in [-0.3, -0.25) is 0 Å². The van der Waals surface area contributed by atoms with Gasteiger partial charge in [-0.15, -0.1) is 0 Å². The zero-order valence-electron chi connectivity index (χ0n) is 14.3. The van der Waals surface area contributed by atoms with Crippen LogP contribution in [0.5, 0.6) is 0 Å². The molecule has 3 aromatic rings. The minimum atomic E-state index is -1.00. The highest BCUT2D eigenvalue weighted by Crippen LogP contribution is 2.19. The molecule has 3 N–H and O–H groups in total. The smallest absolute Gasteiger partial charge is 0.337 e. The van der Waals surface area contributed by atoms with Gasteiger partial charge in [-0.2, -0.15) is 4.98 Å². The molecule has 0 aliphatic rings. The van der Waals surface area contributed by atoms with Crippen LogP contribution in [0.3, 0.4) is 0 Å². The third-order valence-corrected chi connectivity index (χ3v) is 3.60. The lowest BCUT2D eigenvalue weighted by molar-refractivity contribution is 0.0600. The Labute approximate surface area is 154 Å². The average Bonchev–Trinajstić information content (AvgIpc) is 2.68. The first-order valence-electron chi connectivity index (χ1n) is 7.94. The Kier molecular flexibility index (Phi) is 5.27. The molecule has 0 radical (unpaired) electrons. The average molecular weight is 364 g/mol. The number of rotatable bonds is 6. The molecule has 0 unspecified atom stereocenters. The third kappa shape index (κ3) is 4.57. The zero-order valence-corrected chi connectivity index (χ0v) is 14.3. The van der Waals surface area contributed by atoms with Crippen molar-refractivity contribution in [3.05, 3.63) is 71.9 Å². The number of nitrogens with one attached hydrogen (secondary N) is 2. The molecule has 1 aromatic heterocycles. The number of aromatic nitrogens is 2. The van der Waals surface area contributed by atoms with Gasteiger partial charge in [0.1, 0.15) is 5.82 Å². The molecule has 8 nitrogen and oxygen atoms in total. The van der Waals surface area contributed by atoms with E-state index in [1.54, 1.807) is 48.7 Å². The molecule has 136 valence electrons. The fourth-order valence-electron chi connectivity index (χ4n) is 2.30. The number of hydrogen-bond donors (Lipinski definition) is 3. The second-order valence-electron chi connectivity index (χ2n) is 5.47. The molecule has 0 bridgehead atoms. The van der Waals surface area contributed by atoms with E-state index in [9.17, 15) is 9.59 Å². The fourth-order valence-corrected chi connectivity index (χ4v) is 2.30. The number of carbonyl (C=O) groups excluding carboxylic acids is 1. The Balaban J connectivity index is 1.73. The number of carboxylic acids is 1. The first-order chi connectivity index (χ1) is 13.0. The third-order valence-electron chi connectivity index (χ3n) is 3.60. The van der Waals surface area contributed by atoms with Crippen LogP contribution in [-0.4, -0.2) is 34.1 Å². The predicted molar refractivity (Wildman–Crippen MR) is 99.8 cm³/mol. The van der Waals surface area contributed by atoms with Crippen molar-refractivity contribution >= 4 is 35.1 Å². The van der Waals surface area contributed by atoms with Crippen LogP contribution < -0.4 is 10.6 Å². The number of esters is 1. The SMILES string of the molecule is COC(=O)c1ccc(Nc2nccc(Nc3cccc(C(=O)O)c3)n2)cc1. The van der Waals surface area contributed by atoms with Crippen LogP contribution in [0.25, 0.3) is 0 Å². The molecule has 3 rings (SSSR count). The quantitative estimate of drug-likeness (QED) is 0.570. The molecule has 0 saturated heterocycles. The van der Waals surface area contributed by atoms with E-state index in [2.05, 4.69) is 25.3 Å². The Morgan fingerprint density at radius 2 is 1.74 bits per heavy atom. The van der Waals surface area contributed by atoms with Gasteiger partial charge < -0.3 is 20.5 Å². The molecule has 0 amide bonds. The lowest BCUT2D eigenvalue weighted by atomic mass is 10.2. The van der Waals surface area contributed by atoms with Crippen molar-refractivity contribution in [2.75, 3.05) is 17.7 Å². The number of ether oxygens (including phenoxy) is 1. The normalized spacial score (nSPS) is 10.1. The van der Waals surface area contributed by atoms with E-state index in [-0.39, 0.29) is 5.56 Å². The maximum absolute atomic E-state index is 11.5. The Morgan fingerprint density at radius 3 is 2.44 bits per heavy atom. The molecule has 0 spiro atoms. The van der Waals surface area contributed by atoms with Gasteiger partial charge in [-0.1, -0.05) is 6.07 Å². The summed E-state index contributed by atoms with van der Waals surface area (Å²) in [7, 11) is 1.33. The summed E-state index contributed by atoms with van der Waals surface area (Å²) in [6.45, 7) is 0. The minimum absolute atomic E-state index is 0.179. The number of methoxy groups -OCH3 is 1. The predicted octanol–water partition coefficient (Wildman–Crippen LogP) is 3.45. The second-order valence-corrected chi connectivity index (χ2v) is 5.47. The van der Waals surface area contributed by atoms with E-state index < -0.39 is 11.9 Å². The molecule has 0 atom stereocenters. The lowest BCUT2D eigenvalue weighted by Gasteiger charge is -2.09. The molecule has 1 heterocycles. The van der Waals surface area contributed by atoms with Crippen molar-refractivity contribution in [2.24, 2.45) is 0 Å². The van der Waals surface area contributed by atoms with E-state index in [1.165, 1.54) is 19.2 Å². The van der Waals surface area contributed by atoms with Crippen molar-refractivity contribution in [2.45, 2.75) is 0 Å². The minimum Gasteiger partial charge on any atom is -0.478 e. The topological polar surface area (TPSA) is 113 Å². The van der Waals surface area contributed by atoms with Crippen LogP contribution in [-0.2, 0) is 4.74 Å². The van der Waals surface area contributed by atoms with Gasteiger partial charge in [-0.25, -0.2) is 14.6 Å². The highest BCUT2D eigenvalue weighted by molar-refractivity contribution is 5.90. The van der Waals surface area contributed by atoms with Crippen molar-refractivity contribution < 1.29 is 19.4 Å². The monoisotopic (exact) mass is 364 g/mol. The van der Waals surface area contributed by atoms with Crippen LogP contribution in [0.4, 0.5) is 23.1 Å². The zero-order chi connectivity index (χ0) is 19.2. The van der Waals surface area contributed by atoms with Crippen LogP contribution in [0.15, 0.2) is 60.8 Å². The summed E-state index contributed by atoms with van der Waals surface area (Å²) < 4.78 is 4.66. The summed E-state index contributed by atoms with van der Waals surface area (Å²) in [6, 6.07) is 14.8. The van der Waals surface area contributed by atoms with Gasteiger partial charge in [-0.05, 0) is 48.5 Å². The Hall–Kier alpha value is -3.94. The van der Waals surface area contributed by atoms with Crippen LogP contribution >= 0.6 is 0 Å². The highest BCUT2D eigenvalue weighted by Gasteiger charge is 2.07. The molecule has 0 aliphatic carbocycles. The summed E-state index contributed by atoms with van der Waals surface area (Å²) >= 11 is 0. The number of aromatic carboxylic acids is 1. The molecular formula is C19H16N4O4. The van der Waals surface area contributed by atoms with Gasteiger partial charge in [0.25, 0.3) is 0 Å². The van der Waals surface area contributed by atoms with E-state index in [4.69, 9.17) is 5.11 Å². The largest absolute Gasteiger partial charge is 0.478 e. The first kappa shape index (κ1) is 17.9. The maximum Gasteiger partial charge on any atom is 0.337 e. The summed E-state index contributed by atoms with van der Waals surface area (Å²) in [5.74, 6) is -0.562. The molecule has 2 aromatic carbocycles. The summed E-state index contributed by atoms with van der Waals surface area (Å²) in [4.78, 5) is 31.0. The standard InChI is InChI=1S/C19H16N4O4/c1-27-18(26)12-5-7-14(8-6-12)22-19-20-10-9-16(23-19)21-15-4-2-3-13(11-15)17(24)25/h2-11H,1H3,(H,24,25)(H2,20,21,22,23). The molecule has 0 aliphatic heterocycles. The first-order valence-corrected chi connectivity index (χ1v) is 7.94. The van der Waals surface area contributed by atoms with E-state index >= 15 is 0 Å². The molecule has 0 saturated carbocycles. The molecular weight excluding hydrogens is 348 g/mol. The highest BCUT2D eigenvalue weighted by atomic mass is 16.5. The molecule has 27 heavy (non-hydrogen) atoms. The summed E-state index contributed by atoms with van der Waals surface area (Å²) in [5, 5.41) is 15.1. The Bertz CT molecular complexity index is 973. The van der Waals surface area contributed by atoms with Gasteiger partial charge in [0.2, 0.25) is 5.95 Å². The van der Waals surface area contributed by atoms with Crippen LogP contribution in [0.2, 0.25) is 0 Å². The van der Waals surface area contributed by atoms with Gasteiger partial charge in [0, 0.05) is 17.6 Å². The number of anilines is 4. The number of carbonyl (C=O) groups is 2. The maximum atomic E-state index is 11.5. The van der Waals surface area contributed by atoms with Gasteiger partial charge in [0.05, 0.1) is 18.2 Å². The molecule has 8 heteroatoms. The second kappa shape index (κ2) is 7.96. The van der Waals surface area contributed by atoms with Crippen molar-refractivity contribution in [3.8, 4) is 0 Å². The van der Waals surface area contributed by atoms with Crippen LogP contribution in [0, 0.1) is 0 Å². The molecule has 0 fully saturated rings. The van der Waals surface area contributed by atoms with E-state index in [0.29, 0.717) is 28.7 Å². The number of carboxylic acid groups (broad SMARTS) is 1. The van der Waals surface area contributed by atoms with Crippen molar-refractivity contribution in [1.82, 2.24) is 9.97 Å². The summed E-state index contributed by atoms with van der Waals surface area (Å²) in [5.41, 5.74) is 1.92. The van der Waals surface area contributed by atoms with Crippen molar-refractivity contribution in [1.29, 1.82) is 0 Å². The number of nitrogens with zero attached hydrogens (tertiary/aromatic N) is 2. The van der Waals surface area contributed by atoms with E-state index in [0.717, 1.165) is 0 Å². The van der Waals surface area contributed by atoms with Gasteiger partial charge >= 0.3 is 11.9 Å². The van der Waals surface area contributed by atoms with E-state index in [1.807, 2.05) is 0 Å². The number of hydrogen-bond acceptors (Lipinski definition) is 7. The van der Waals surface area contributed by atoms with Crippen LogP contribution in [0.1, 0.15) is 20.7 Å². The fraction of sp³-hybridized carbons (Fsp3) is 0.0526. The summed E-state index contributed by atoms with van der Waals surface area (Å²) in [6.07, 6.45) is 1.57. The lowest BCUT2D eigenvalue weighted by Crippen LogP contribution is -2.03. The number of benzene rings is 2.